The number of pyridine rings is 1. The van der Waals surface area contributed by atoms with Crippen LogP contribution in [-0.4, -0.2) is 61.9 Å². The molecule has 0 saturated heterocycles. The molecule has 0 bridgehead atoms. The van der Waals surface area contributed by atoms with Gasteiger partial charge in [-0.05, 0) is 85.8 Å². The fourth-order valence-corrected chi connectivity index (χ4v) is 4.19. The SMILES string of the molecule is CCOC(=O)[C@]1(c2cn(-c3ccc(F)cn3)cn2)C[C@@H]1CCCN(C(=O)OC(C)(C)C)C(=O)OC(C)(C)C. The summed E-state index contributed by atoms with van der Waals surface area (Å²) in [5.74, 6) is -0.471. The quantitative estimate of drug-likeness (QED) is 0.338. The number of amides is 2. The smallest absolute Gasteiger partial charge is 0.419 e. The van der Waals surface area contributed by atoms with Gasteiger partial charge in [0.1, 0.15) is 34.6 Å². The van der Waals surface area contributed by atoms with Gasteiger partial charge in [0.15, 0.2) is 0 Å². The maximum atomic E-state index is 13.3. The van der Waals surface area contributed by atoms with Crippen LogP contribution in [0.4, 0.5) is 14.0 Å². The highest BCUT2D eigenvalue weighted by molar-refractivity contribution is 5.88. The number of hydrogen-bond donors (Lipinski definition) is 0. The molecule has 0 aromatic carbocycles. The Labute approximate surface area is 222 Å². The molecule has 1 fully saturated rings. The molecule has 0 N–H and O–H groups in total. The van der Waals surface area contributed by atoms with Gasteiger partial charge in [0, 0.05) is 12.7 Å². The molecule has 1 aliphatic rings. The van der Waals surface area contributed by atoms with Gasteiger partial charge in [-0.1, -0.05) is 0 Å². The second-order valence-corrected chi connectivity index (χ2v) is 11.3. The Bertz CT molecular complexity index is 1120. The van der Waals surface area contributed by atoms with Crippen molar-refractivity contribution in [2.75, 3.05) is 13.2 Å². The Hall–Kier alpha value is -3.50. The van der Waals surface area contributed by atoms with E-state index in [9.17, 15) is 18.8 Å². The van der Waals surface area contributed by atoms with Crippen LogP contribution in [0.15, 0.2) is 30.9 Å². The molecular formula is C27H37FN4O6. The number of imide groups is 1. The number of carbonyl (C=O) groups is 3. The van der Waals surface area contributed by atoms with Crippen LogP contribution < -0.4 is 0 Å². The summed E-state index contributed by atoms with van der Waals surface area (Å²) in [5.41, 5.74) is -1.98. The first-order valence-corrected chi connectivity index (χ1v) is 12.7. The number of halogens is 1. The summed E-state index contributed by atoms with van der Waals surface area (Å²) in [6.45, 7) is 12.3. The van der Waals surface area contributed by atoms with Crippen molar-refractivity contribution in [3.63, 3.8) is 0 Å². The lowest BCUT2D eigenvalue weighted by atomic mass is 9.97. The third-order valence-electron chi connectivity index (χ3n) is 5.92. The minimum atomic E-state index is -0.941. The highest BCUT2D eigenvalue weighted by atomic mass is 19.1. The minimum absolute atomic E-state index is 0.0627. The van der Waals surface area contributed by atoms with E-state index in [1.54, 1.807) is 59.2 Å². The average Bonchev–Trinajstić information content (AvgIpc) is 3.30. The molecule has 11 heteroatoms. The highest BCUT2D eigenvalue weighted by Crippen LogP contribution is 2.57. The molecule has 10 nitrogen and oxygen atoms in total. The normalized spacial score (nSPS) is 19.0. The number of ether oxygens (including phenoxy) is 3. The first kappa shape index (κ1) is 29.1. The van der Waals surface area contributed by atoms with Gasteiger partial charge in [-0.3, -0.25) is 9.36 Å². The van der Waals surface area contributed by atoms with Crippen LogP contribution in [0.25, 0.3) is 5.82 Å². The Morgan fingerprint density at radius 1 is 1.08 bits per heavy atom. The Morgan fingerprint density at radius 3 is 2.24 bits per heavy atom. The summed E-state index contributed by atoms with van der Waals surface area (Å²) >= 11 is 0. The predicted octanol–water partition coefficient (Wildman–Crippen LogP) is 5.18. The molecular weight excluding hydrogens is 495 g/mol. The summed E-state index contributed by atoms with van der Waals surface area (Å²) in [5, 5.41) is 0. The third-order valence-corrected chi connectivity index (χ3v) is 5.92. The maximum Gasteiger partial charge on any atom is 0.419 e. The fourth-order valence-electron chi connectivity index (χ4n) is 4.19. The molecule has 3 rings (SSSR count). The van der Waals surface area contributed by atoms with E-state index in [-0.39, 0.29) is 25.0 Å². The number of esters is 1. The number of nitrogens with zero attached hydrogens (tertiary/aromatic N) is 4. The van der Waals surface area contributed by atoms with E-state index < -0.39 is 34.6 Å². The lowest BCUT2D eigenvalue weighted by Crippen LogP contribution is -2.44. The summed E-state index contributed by atoms with van der Waals surface area (Å²) in [6.07, 6.45) is 4.22. The van der Waals surface area contributed by atoms with E-state index in [0.717, 1.165) is 11.1 Å². The Balaban J connectivity index is 1.74. The second kappa shape index (κ2) is 11.1. The maximum absolute atomic E-state index is 13.3. The van der Waals surface area contributed by atoms with E-state index in [2.05, 4.69) is 9.97 Å². The topological polar surface area (TPSA) is 113 Å². The molecule has 2 aromatic rings. The summed E-state index contributed by atoms with van der Waals surface area (Å²) in [7, 11) is 0. The van der Waals surface area contributed by atoms with Crippen molar-refractivity contribution in [2.24, 2.45) is 5.92 Å². The van der Waals surface area contributed by atoms with E-state index >= 15 is 0 Å². The number of hydrogen-bond acceptors (Lipinski definition) is 8. The van der Waals surface area contributed by atoms with Gasteiger partial charge in [-0.25, -0.2) is 28.8 Å². The highest BCUT2D eigenvalue weighted by Gasteiger charge is 2.63. The lowest BCUT2D eigenvalue weighted by molar-refractivity contribution is -0.146. The monoisotopic (exact) mass is 532 g/mol. The van der Waals surface area contributed by atoms with Crippen molar-refractivity contribution in [3.8, 4) is 5.82 Å². The van der Waals surface area contributed by atoms with E-state index in [1.165, 1.54) is 18.5 Å². The zero-order valence-corrected chi connectivity index (χ0v) is 23.1. The van der Waals surface area contributed by atoms with Crippen LogP contribution in [0.5, 0.6) is 0 Å². The second-order valence-electron chi connectivity index (χ2n) is 11.3. The lowest BCUT2D eigenvalue weighted by Gasteiger charge is -2.28. The molecule has 0 spiro atoms. The van der Waals surface area contributed by atoms with E-state index in [1.807, 2.05) is 0 Å². The molecule has 2 heterocycles. The molecule has 1 aliphatic carbocycles. The van der Waals surface area contributed by atoms with E-state index in [0.29, 0.717) is 30.8 Å². The number of rotatable bonds is 8. The Kier molecular flexibility index (Phi) is 8.48. The van der Waals surface area contributed by atoms with Gasteiger partial charge in [0.25, 0.3) is 0 Å². The minimum Gasteiger partial charge on any atom is -0.465 e. The summed E-state index contributed by atoms with van der Waals surface area (Å²) in [6, 6.07) is 2.81. The van der Waals surface area contributed by atoms with Crippen LogP contribution in [0.2, 0.25) is 0 Å². The molecule has 0 unspecified atom stereocenters. The number of carbonyl (C=O) groups excluding carboxylic acids is 3. The average molecular weight is 533 g/mol. The van der Waals surface area contributed by atoms with Gasteiger partial charge in [0.2, 0.25) is 0 Å². The fraction of sp³-hybridized carbons (Fsp3) is 0.593. The third kappa shape index (κ3) is 7.08. The largest absolute Gasteiger partial charge is 0.465 e. The first-order valence-electron chi connectivity index (χ1n) is 12.7. The van der Waals surface area contributed by atoms with Crippen LogP contribution in [0.3, 0.4) is 0 Å². The molecule has 2 atom stereocenters. The van der Waals surface area contributed by atoms with Gasteiger partial charge in [-0.2, -0.15) is 0 Å². The predicted molar refractivity (Wildman–Crippen MR) is 136 cm³/mol. The van der Waals surface area contributed by atoms with Gasteiger partial charge in [0.05, 0.1) is 18.5 Å². The van der Waals surface area contributed by atoms with Crippen LogP contribution in [-0.2, 0) is 24.4 Å². The van der Waals surface area contributed by atoms with Crippen molar-refractivity contribution in [1.29, 1.82) is 0 Å². The number of imidazole rings is 1. The first-order chi connectivity index (χ1) is 17.7. The van der Waals surface area contributed by atoms with Crippen molar-refractivity contribution in [1.82, 2.24) is 19.4 Å². The molecule has 1 saturated carbocycles. The molecule has 2 amide bonds. The number of aromatic nitrogens is 3. The van der Waals surface area contributed by atoms with Gasteiger partial charge < -0.3 is 14.2 Å². The van der Waals surface area contributed by atoms with Crippen LogP contribution >= 0.6 is 0 Å². The zero-order valence-electron chi connectivity index (χ0n) is 23.1. The molecule has 208 valence electrons. The van der Waals surface area contributed by atoms with Crippen molar-refractivity contribution >= 4 is 18.2 Å². The van der Waals surface area contributed by atoms with Crippen molar-refractivity contribution < 1.29 is 33.0 Å². The molecule has 2 aromatic heterocycles. The zero-order chi connectivity index (χ0) is 28.3. The molecule has 38 heavy (non-hydrogen) atoms. The van der Waals surface area contributed by atoms with Crippen molar-refractivity contribution in [3.05, 3.63) is 42.4 Å². The standard InChI is InChI=1S/C27H37FN4O6/c1-8-36-22(33)27(20-16-31(17-30-20)21-12-11-19(28)15-29-21)14-18(27)10-9-13-32(23(34)37-25(2,3)4)24(35)38-26(5,6)7/h11-12,15-18H,8-10,13-14H2,1-7H3/t18-,27+/m0/s1. The summed E-state index contributed by atoms with van der Waals surface area (Å²) in [4.78, 5) is 48.1. The molecule has 0 aliphatic heterocycles. The van der Waals surface area contributed by atoms with Gasteiger partial charge in [-0.15, -0.1) is 0 Å². The van der Waals surface area contributed by atoms with Crippen LogP contribution in [0.1, 0.15) is 73.4 Å². The summed E-state index contributed by atoms with van der Waals surface area (Å²) < 4.78 is 31.1. The Morgan fingerprint density at radius 2 is 1.71 bits per heavy atom. The van der Waals surface area contributed by atoms with Crippen molar-refractivity contribution in [2.45, 2.75) is 84.3 Å². The van der Waals surface area contributed by atoms with Gasteiger partial charge >= 0.3 is 18.2 Å². The van der Waals surface area contributed by atoms with Crippen LogP contribution in [0, 0.1) is 11.7 Å². The molecule has 0 radical (unpaired) electrons. The van der Waals surface area contributed by atoms with E-state index in [4.69, 9.17) is 14.2 Å².